The molecule has 2 aliphatic rings. The fourth-order valence-electron chi connectivity index (χ4n) is 3.68. The van der Waals surface area contributed by atoms with Crippen LogP contribution in [0.2, 0.25) is 0 Å². The quantitative estimate of drug-likeness (QED) is 0.880. The van der Waals surface area contributed by atoms with E-state index in [1.165, 1.54) is 0 Å². The molecule has 2 N–H and O–H groups in total. The van der Waals surface area contributed by atoms with E-state index in [0.29, 0.717) is 37.5 Å². The first-order valence-corrected chi connectivity index (χ1v) is 9.06. The largest absolute Gasteiger partial charge is 0.369 e. The number of piperidine rings is 2. The van der Waals surface area contributed by atoms with Gasteiger partial charge in [-0.05, 0) is 58.8 Å². The molecule has 7 heteroatoms. The van der Waals surface area contributed by atoms with Gasteiger partial charge in [0.2, 0.25) is 5.91 Å². The van der Waals surface area contributed by atoms with Crippen molar-refractivity contribution < 1.29 is 9.59 Å². The molecular weight excluding hydrogens is 318 g/mol. The standard InChI is InChI=1S/C18H27N5O2/c1-12-11-15(18(25)23-9-5-13(6-10-23)16(19)24)21-17(20-12)14-3-7-22(2)8-4-14/h11,13-14H,3-10H2,1-2H3,(H2,19,24). The van der Waals surface area contributed by atoms with Gasteiger partial charge in [-0.3, -0.25) is 9.59 Å². The van der Waals surface area contributed by atoms with Crippen LogP contribution in [0, 0.1) is 12.8 Å². The second kappa shape index (κ2) is 7.47. The van der Waals surface area contributed by atoms with Gasteiger partial charge in [0, 0.05) is 30.6 Å². The van der Waals surface area contributed by atoms with E-state index in [-0.39, 0.29) is 17.7 Å². The van der Waals surface area contributed by atoms with E-state index in [4.69, 9.17) is 5.73 Å². The lowest BCUT2D eigenvalue weighted by Gasteiger charge is -2.31. The van der Waals surface area contributed by atoms with Gasteiger partial charge in [-0.2, -0.15) is 0 Å². The number of hydrogen-bond donors (Lipinski definition) is 1. The third kappa shape index (κ3) is 4.15. The number of amides is 2. The van der Waals surface area contributed by atoms with Gasteiger partial charge in [-0.1, -0.05) is 0 Å². The SMILES string of the molecule is Cc1cc(C(=O)N2CCC(C(N)=O)CC2)nc(C2CCN(C)CC2)n1. The minimum absolute atomic E-state index is 0.0670. The molecule has 0 aliphatic carbocycles. The Morgan fingerprint density at radius 3 is 2.32 bits per heavy atom. The molecule has 3 heterocycles. The van der Waals surface area contributed by atoms with E-state index < -0.39 is 0 Å². The summed E-state index contributed by atoms with van der Waals surface area (Å²) in [4.78, 5) is 37.4. The van der Waals surface area contributed by atoms with Crippen molar-refractivity contribution in [3.8, 4) is 0 Å². The average Bonchev–Trinajstić information content (AvgIpc) is 2.61. The van der Waals surface area contributed by atoms with E-state index in [1.54, 1.807) is 11.0 Å². The summed E-state index contributed by atoms with van der Waals surface area (Å²) < 4.78 is 0. The van der Waals surface area contributed by atoms with Crippen molar-refractivity contribution in [2.75, 3.05) is 33.2 Å². The molecule has 0 bridgehead atoms. The highest BCUT2D eigenvalue weighted by Gasteiger charge is 2.28. The molecule has 0 saturated carbocycles. The number of nitrogens with two attached hydrogens (primary N) is 1. The van der Waals surface area contributed by atoms with Crippen molar-refractivity contribution >= 4 is 11.8 Å². The Morgan fingerprint density at radius 2 is 1.72 bits per heavy atom. The Kier molecular flexibility index (Phi) is 5.32. The van der Waals surface area contributed by atoms with Crippen molar-refractivity contribution in [1.29, 1.82) is 0 Å². The van der Waals surface area contributed by atoms with Crippen LogP contribution < -0.4 is 5.73 Å². The smallest absolute Gasteiger partial charge is 0.272 e. The summed E-state index contributed by atoms with van der Waals surface area (Å²) in [6, 6.07) is 1.76. The Morgan fingerprint density at radius 1 is 1.08 bits per heavy atom. The molecule has 0 unspecified atom stereocenters. The normalized spacial score (nSPS) is 20.6. The lowest BCUT2D eigenvalue weighted by atomic mass is 9.95. The van der Waals surface area contributed by atoms with Gasteiger partial charge in [-0.15, -0.1) is 0 Å². The molecule has 2 saturated heterocycles. The maximum atomic E-state index is 12.8. The molecule has 0 spiro atoms. The maximum absolute atomic E-state index is 12.8. The number of rotatable bonds is 3. The van der Waals surface area contributed by atoms with Gasteiger partial charge in [0.05, 0.1) is 0 Å². The third-order valence-corrected chi connectivity index (χ3v) is 5.36. The molecule has 25 heavy (non-hydrogen) atoms. The zero-order valence-corrected chi connectivity index (χ0v) is 15.1. The Hall–Kier alpha value is -2.02. The minimum atomic E-state index is -0.269. The van der Waals surface area contributed by atoms with E-state index in [9.17, 15) is 9.59 Å². The summed E-state index contributed by atoms with van der Waals surface area (Å²) in [5, 5.41) is 0. The predicted octanol–water partition coefficient (Wildman–Crippen LogP) is 0.932. The molecule has 2 fully saturated rings. The molecule has 1 aromatic rings. The molecule has 2 amide bonds. The van der Waals surface area contributed by atoms with Crippen molar-refractivity contribution in [3.63, 3.8) is 0 Å². The van der Waals surface area contributed by atoms with E-state index >= 15 is 0 Å². The van der Waals surface area contributed by atoms with Crippen LogP contribution in [0.3, 0.4) is 0 Å². The zero-order chi connectivity index (χ0) is 18.0. The summed E-state index contributed by atoms with van der Waals surface area (Å²) in [6.07, 6.45) is 3.31. The predicted molar refractivity (Wildman–Crippen MR) is 94.1 cm³/mol. The second-order valence-electron chi connectivity index (χ2n) is 7.30. The first-order chi connectivity index (χ1) is 11.9. The van der Waals surface area contributed by atoms with Crippen LogP contribution in [0.4, 0.5) is 0 Å². The Balaban J connectivity index is 1.71. The number of primary amides is 1. The first-order valence-electron chi connectivity index (χ1n) is 9.06. The van der Waals surface area contributed by atoms with Crippen LogP contribution in [-0.4, -0.2) is 64.8 Å². The Labute approximate surface area is 148 Å². The van der Waals surface area contributed by atoms with Gasteiger partial charge in [0.1, 0.15) is 11.5 Å². The molecular formula is C18H27N5O2. The van der Waals surface area contributed by atoms with Crippen LogP contribution >= 0.6 is 0 Å². The van der Waals surface area contributed by atoms with Gasteiger partial charge >= 0.3 is 0 Å². The monoisotopic (exact) mass is 345 g/mol. The summed E-state index contributed by atoms with van der Waals surface area (Å²) in [7, 11) is 2.12. The van der Waals surface area contributed by atoms with Gasteiger partial charge in [0.15, 0.2) is 0 Å². The van der Waals surface area contributed by atoms with Crippen molar-refractivity contribution in [3.05, 3.63) is 23.3 Å². The zero-order valence-electron chi connectivity index (χ0n) is 15.1. The van der Waals surface area contributed by atoms with Crippen LogP contribution in [-0.2, 0) is 4.79 Å². The molecule has 1 aromatic heterocycles. The number of carbonyl (C=O) groups is 2. The highest BCUT2D eigenvalue weighted by atomic mass is 16.2. The first kappa shape index (κ1) is 17.8. The lowest BCUT2D eigenvalue weighted by molar-refractivity contribution is -0.123. The average molecular weight is 345 g/mol. The topological polar surface area (TPSA) is 92.4 Å². The molecule has 136 valence electrons. The van der Waals surface area contributed by atoms with Crippen LogP contribution in [0.25, 0.3) is 0 Å². The molecule has 0 aromatic carbocycles. The van der Waals surface area contributed by atoms with Crippen molar-refractivity contribution in [2.45, 2.75) is 38.5 Å². The molecule has 3 rings (SSSR count). The van der Waals surface area contributed by atoms with E-state index in [1.807, 2.05) is 6.92 Å². The minimum Gasteiger partial charge on any atom is -0.369 e. The summed E-state index contributed by atoms with van der Waals surface area (Å²) in [5.41, 5.74) is 6.67. The van der Waals surface area contributed by atoms with Crippen molar-refractivity contribution in [2.24, 2.45) is 11.7 Å². The van der Waals surface area contributed by atoms with Crippen LogP contribution in [0.15, 0.2) is 6.07 Å². The number of likely N-dealkylation sites (tertiary alicyclic amines) is 2. The fraction of sp³-hybridized carbons (Fsp3) is 0.667. The van der Waals surface area contributed by atoms with Gasteiger partial charge < -0.3 is 15.5 Å². The molecule has 7 nitrogen and oxygen atoms in total. The van der Waals surface area contributed by atoms with E-state index in [2.05, 4.69) is 21.9 Å². The number of aryl methyl sites for hydroxylation is 1. The van der Waals surface area contributed by atoms with Crippen molar-refractivity contribution in [1.82, 2.24) is 19.8 Å². The van der Waals surface area contributed by atoms with E-state index in [0.717, 1.165) is 37.4 Å². The van der Waals surface area contributed by atoms with Crippen LogP contribution in [0.1, 0.15) is 53.6 Å². The molecule has 0 radical (unpaired) electrons. The number of nitrogens with zero attached hydrogens (tertiary/aromatic N) is 4. The Bertz CT molecular complexity index is 647. The number of carbonyl (C=O) groups excluding carboxylic acids is 2. The summed E-state index contributed by atoms with van der Waals surface area (Å²) in [5.74, 6) is 0.662. The fourth-order valence-corrected chi connectivity index (χ4v) is 3.68. The lowest BCUT2D eigenvalue weighted by Crippen LogP contribution is -2.42. The summed E-state index contributed by atoms with van der Waals surface area (Å²) in [6.45, 7) is 5.09. The van der Waals surface area contributed by atoms with Gasteiger partial charge in [-0.25, -0.2) is 9.97 Å². The second-order valence-corrected chi connectivity index (χ2v) is 7.30. The number of aromatic nitrogens is 2. The van der Waals surface area contributed by atoms with Crippen LogP contribution in [0.5, 0.6) is 0 Å². The summed E-state index contributed by atoms with van der Waals surface area (Å²) >= 11 is 0. The maximum Gasteiger partial charge on any atom is 0.272 e. The van der Waals surface area contributed by atoms with Gasteiger partial charge in [0.25, 0.3) is 5.91 Å². The molecule has 2 aliphatic heterocycles. The third-order valence-electron chi connectivity index (χ3n) is 5.36. The molecule has 0 atom stereocenters. The highest BCUT2D eigenvalue weighted by Crippen LogP contribution is 2.26. The number of hydrogen-bond acceptors (Lipinski definition) is 5. The highest BCUT2D eigenvalue weighted by molar-refractivity contribution is 5.92.